The molecule has 7 nitrogen and oxygen atoms in total. The van der Waals surface area contributed by atoms with Gasteiger partial charge < -0.3 is 20.3 Å². The number of esters is 1. The molecule has 0 saturated carbocycles. The van der Waals surface area contributed by atoms with Crippen LogP contribution in [0.15, 0.2) is 53.7 Å². The molecule has 9 heteroatoms. The van der Waals surface area contributed by atoms with Crippen molar-refractivity contribution in [2.75, 3.05) is 44.2 Å². The van der Waals surface area contributed by atoms with Crippen LogP contribution in [0.2, 0.25) is 5.02 Å². The maximum Gasteiger partial charge on any atom is 0.338 e. The van der Waals surface area contributed by atoms with E-state index in [1.807, 2.05) is 18.2 Å². The van der Waals surface area contributed by atoms with E-state index in [1.165, 1.54) is 12.1 Å². The van der Waals surface area contributed by atoms with E-state index in [0.29, 0.717) is 28.4 Å². The Morgan fingerprint density at radius 3 is 2.65 bits per heavy atom. The molecule has 2 aliphatic heterocycles. The number of aryl methyl sites for hydroxylation is 1. The summed E-state index contributed by atoms with van der Waals surface area (Å²) in [5.41, 5.74) is 3.52. The monoisotopic (exact) mass is 486 g/mol. The van der Waals surface area contributed by atoms with Crippen LogP contribution in [0.5, 0.6) is 0 Å². The van der Waals surface area contributed by atoms with Crippen LogP contribution in [-0.4, -0.2) is 56.2 Å². The molecule has 0 unspecified atom stereocenters. The molecular formula is C25H28ClFN4O3. The molecule has 4 rings (SSSR count). The summed E-state index contributed by atoms with van der Waals surface area (Å²) in [7, 11) is 0. The summed E-state index contributed by atoms with van der Waals surface area (Å²) >= 11 is 6.20. The highest BCUT2D eigenvalue weighted by Crippen LogP contribution is 2.29. The number of urea groups is 1. The summed E-state index contributed by atoms with van der Waals surface area (Å²) < 4.78 is 19.2. The average Bonchev–Trinajstić information content (AvgIpc) is 2.81. The van der Waals surface area contributed by atoms with Crippen molar-refractivity contribution >= 4 is 29.3 Å². The third-order valence-corrected chi connectivity index (χ3v) is 6.33. The largest absolute Gasteiger partial charge is 0.463 e. The number of nitrogens with zero attached hydrogens (tertiary/aromatic N) is 2. The molecule has 0 aliphatic carbocycles. The van der Waals surface area contributed by atoms with Crippen LogP contribution in [0.25, 0.3) is 0 Å². The highest BCUT2D eigenvalue weighted by atomic mass is 35.5. The lowest BCUT2D eigenvalue weighted by atomic mass is 9.94. The number of carbonyl (C=O) groups is 2. The van der Waals surface area contributed by atoms with Crippen molar-refractivity contribution in [1.29, 1.82) is 0 Å². The van der Waals surface area contributed by atoms with Gasteiger partial charge in [-0.3, -0.25) is 4.90 Å². The van der Waals surface area contributed by atoms with E-state index in [1.54, 1.807) is 19.1 Å². The zero-order valence-corrected chi connectivity index (χ0v) is 20.0. The fourth-order valence-corrected chi connectivity index (χ4v) is 4.59. The molecule has 0 bridgehead atoms. The standard InChI is InChI=1S/C25H28ClFN4O3/c1-3-34-24(32)22-20(28-25(33)29-23(22)17-5-4-6-19(27)13-17)15-30-9-11-31(12-10-30)21-14-18(26)8-7-16(21)2/h4-8,13-14,23H,3,9-12,15H2,1-2H3,(H2,28,29,33)/t23-/m1/s1. The molecule has 34 heavy (non-hydrogen) atoms. The summed E-state index contributed by atoms with van der Waals surface area (Å²) in [6.07, 6.45) is 0. The van der Waals surface area contributed by atoms with Gasteiger partial charge in [0.05, 0.1) is 18.2 Å². The fourth-order valence-electron chi connectivity index (χ4n) is 4.42. The van der Waals surface area contributed by atoms with Crippen LogP contribution < -0.4 is 15.5 Å². The van der Waals surface area contributed by atoms with Crippen molar-refractivity contribution in [3.8, 4) is 0 Å². The molecule has 0 radical (unpaired) electrons. The lowest BCUT2D eigenvalue weighted by molar-refractivity contribution is -0.139. The van der Waals surface area contributed by atoms with Crippen molar-refractivity contribution < 1.29 is 18.7 Å². The Hall–Kier alpha value is -3.10. The van der Waals surface area contributed by atoms with Crippen molar-refractivity contribution in [2.24, 2.45) is 0 Å². The SMILES string of the molecule is CCOC(=O)C1=C(CN2CCN(c3cc(Cl)ccc3C)CC2)NC(=O)N[C@@H]1c1cccc(F)c1. The van der Waals surface area contributed by atoms with E-state index in [2.05, 4.69) is 27.4 Å². The molecule has 2 aliphatic rings. The maximum atomic E-state index is 13.9. The number of hydrogen-bond donors (Lipinski definition) is 2. The lowest BCUT2D eigenvalue weighted by Gasteiger charge is -2.38. The van der Waals surface area contributed by atoms with E-state index in [-0.39, 0.29) is 6.61 Å². The molecule has 2 aromatic carbocycles. The minimum Gasteiger partial charge on any atom is -0.463 e. The van der Waals surface area contributed by atoms with Crippen molar-refractivity contribution in [2.45, 2.75) is 19.9 Å². The molecule has 0 aromatic heterocycles. The summed E-state index contributed by atoms with van der Waals surface area (Å²) in [5, 5.41) is 6.23. The first-order chi connectivity index (χ1) is 16.4. The molecule has 2 N–H and O–H groups in total. The molecule has 0 spiro atoms. The molecule has 1 saturated heterocycles. The average molecular weight is 487 g/mol. The van der Waals surface area contributed by atoms with Gasteiger partial charge in [0.1, 0.15) is 5.82 Å². The number of carbonyl (C=O) groups excluding carboxylic acids is 2. The van der Waals surface area contributed by atoms with Gasteiger partial charge in [-0.25, -0.2) is 14.0 Å². The van der Waals surface area contributed by atoms with Crippen LogP contribution >= 0.6 is 11.6 Å². The van der Waals surface area contributed by atoms with Gasteiger partial charge in [0.15, 0.2) is 0 Å². The predicted molar refractivity (Wildman–Crippen MR) is 129 cm³/mol. The molecule has 2 heterocycles. The van der Waals surface area contributed by atoms with Gasteiger partial charge >= 0.3 is 12.0 Å². The van der Waals surface area contributed by atoms with E-state index in [9.17, 15) is 14.0 Å². The summed E-state index contributed by atoms with van der Waals surface area (Å²) in [6, 6.07) is 10.5. The zero-order valence-electron chi connectivity index (χ0n) is 19.2. The number of nitrogens with one attached hydrogen (secondary N) is 2. The second-order valence-corrected chi connectivity index (χ2v) is 8.83. The van der Waals surface area contributed by atoms with Crippen molar-refractivity contribution in [3.63, 3.8) is 0 Å². The number of piperazine rings is 1. The normalized spacial score (nSPS) is 19.0. The number of halogens is 2. The summed E-state index contributed by atoms with van der Waals surface area (Å²) in [5.74, 6) is -0.977. The number of amides is 2. The number of ether oxygens (including phenoxy) is 1. The van der Waals surface area contributed by atoms with Gasteiger partial charge in [-0.2, -0.15) is 0 Å². The molecule has 180 valence electrons. The van der Waals surface area contributed by atoms with Gasteiger partial charge in [0.2, 0.25) is 0 Å². The Kier molecular flexibility index (Phi) is 7.38. The molecule has 1 fully saturated rings. The zero-order chi connectivity index (χ0) is 24.2. The quantitative estimate of drug-likeness (QED) is 0.608. The van der Waals surface area contributed by atoms with Gasteiger partial charge in [0, 0.05) is 49.1 Å². The van der Waals surface area contributed by atoms with E-state index < -0.39 is 23.9 Å². The highest BCUT2D eigenvalue weighted by Gasteiger charge is 2.35. The van der Waals surface area contributed by atoms with E-state index in [0.717, 1.165) is 37.4 Å². The van der Waals surface area contributed by atoms with Crippen molar-refractivity contribution in [1.82, 2.24) is 15.5 Å². The minimum absolute atomic E-state index is 0.192. The molecule has 1 atom stereocenters. The third kappa shape index (κ3) is 5.34. The van der Waals surface area contributed by atoms with Crippen LogP contribution in [0.4, 0.5) is 14.9 Å². The van der Waals surface area contributed by atoms with Crippen LogP contribution in [0.3, 0.4) is 0 Å². The number of anilines is 1. The van der Waals surface area contributed by atoms with Crippen LogP contribution in [-0.2, 0) is 9.53 Å². The van der Waals surface area contributed by atoms with Gasteiger partial charge in [-0.1, -0.05) is 29.8 Å². The van der Waals surface area contributed by atoms with Crippen LogP contribution in [0.1, 0.15) is 24.1 Å². The molecule has 2 aromatic rings. The van der Waals surface area contributed by atoms with E-state index >= 15 is 0 Å². The Balaban J connectivity index is 1.56. The van der Waals surface area contributed by atoms with Crippen LogP contribution in [0, 0.1) is 12.7 Å². The van der Waals surface area contributed by atoms with Gasteiger partial charge in [-0.15, -0.1) is 0 Å². The first kappa shape index (κ1) is 24.0. The number of hydrogen-bond acceptors (Lipinski definition) is 5. The van der Waals surface area contributed by atoms with E-state index in [4.69, 9.17) is 16.3 Å². The Labute approximate surface area is 203 Å². The number of benzene rings is 2. The predicted octanol–water partition coefficient (Wildman–Crippen LogP) is 3.78. The topological polar surface area (TPSA) is 73.9 Å². The van der Waals surface area contributed by atoms with Gasteiger partial charge in [0.25, 0.3) is 0 Å². The molecule has 2 amide bonds. The second kappa shape index (κ2) is 10.4. The lowest BCUT2D eigenvalue weighted by Crippen LogP contribution is -2.52. The number of rotatable bonds is 6. The smallest absolute Gasteiger partial charge is 0.338 e. The first-order valence-corrected chi connectivity index (χ1v) is 11.7. The maximum absolute atomic E-state index is 13.9. The Morgan fingerprint density at radius 2 is 1.94 bits per heavy atom. The Bertz CT molecular complexity index is 1120. The fraction of sp³-hybridized carbons (Fsp3) is 0.360. The summed E-state index contributed by atoms with van der Waals surface area (Å²) in [6.45, 7) is 7.38. The first-order valence-electron chi connectivity index (χ1n) is 11.3. The highest BCUT2D eigenvalue weighted by molar-refractivity contribution is 6.30. The molecular weight excluding hydrogens is 459 g/mol. The third-order valence-electron chi connectivity index (χ3n) is 6.10. The summed E-state index contributed by atoms with van der Waals surface area (Å²) in [4.78, 5) is 29.9. The van der Waals surface area contributed by atoms with Gasteiger partial charge in [-0.05, 0) is 49.2 Å². The minimum atomic E-state index is -0.797. The second-order valence-electron chi connectivity index (χ2n) is 8.39. The van der Waals surface area contributed by atoms with Crippen molar-refractivity contribution in [3.05, 3.63) is 75.7 Å². The Morgan fingerprint density at radius 1 is 1.18 bits per heavy atom.